The van der Waals surface area contributed by atoms with Crippen LogP contribution in [0.5, 0.6) is 0 Å². The Morgan fingerprint density at radius 1 is 0.759 bits per heavy atom. The van der Waals surface area contributed by atoms with Crippen LogP contribution in [0.25, 0.3) is 0 Å². The van der Waals surface area contributed by atoms with Crippen LogP contribution >= 0.6 is 11.8 Å². The lowest BCUT2D eigenvalue weighted by Crippen LogP contribution is -2.29. The third kappa shape index (κ3) is 6.18. The minimum atomic E-state index is -0.0661. The minimum absolute atomic E-state index is 0.0205. The van der Waals surface area contributed by atoms with Gasteiger partial charge < -0.3 is 14.2 Å². The second kappa shape index (κ2) is 10.6. The zero-order chi connectivity index (χ0) is 19.7. The molecule has 4 rings (SSSR count). The first-order valence-electron chi connectivity index (χ1n) is 10.0. The first kappa shape index (κ1) is 20.2. The van der Waals surface area contributed by atoms with Crippen LogP contribution in [0.3, 0.4) is 0 Å². The summed E-state index contributed by atoms with van der Waals surface area (Å²) in [5.74, 6) is 0. The summed E-state index contributed by atoms with van der Waals surface area (Å²) in [5, 5.41) is 0. The predicted molar refractivity (Wildman–Crippen MR) is 117 cm³/mol. The molecule has 0 unspecified atom stereocenters. The SMILES string of the molecule is c1ccc(COC[C@H]2O[C@@H](Sc3ccccc3)C[C@@H]2OCc2ccccc2)cc1. The van der Waals surface area contributed by atoms with Gasteiger partial charge in [-0.25, -0.2) is 0 Å². The van der Waals surface area contributed by atoms with E-state index in [1.165, 1.54) is 16.0 Å². The highest BCUT2D eigenvalue weighted by molar-refractivity contribution is 7.99. The van der Waals surface area contributed by atoms with Gasteiger partial charge in [0.25, 0.3) is 0 Å². The highest BCUT2D eigenvalue weighted by atomic mass is 32.2. The number of hydrogen-bond donors (Lipinski definition) is 0. The van der Waals surface area contributed by atoms with Gasteiger partial charge in [0.15, 0.2) is 0 Å². The predicted octanol–water partition coefficient (Wildman–Crippen LogP) is 5.70. The van der Waals surface area contributed by atoms with Gasteiger partial charge >= 0.3 is 0 Å². The monoisotopic (exact) mass is 406 g/mol. The average Bonchev–Trinajstić information content (AvgIpc) is 3.16. The highest BCUT2D eigenvalue weighted by Crippen LogP contribution is 2.35. The summed E-state index contributed by atoms with van der Waals surface area (Å²) >= 11 is 1.75. The summed E-state index contributed by atoms with van der Waals surface area (Å²) in [6.45, 7) is 1.70. The van der Waals surface area contributed by atoms with Crippen molar-refractivity contribution >= 4 is 11.8 Å². The Labute approximate surface area is 177 Å². The molecule has 1 heterocycles. The fourth-order valence-electron chi connectivity index (χ4n) is 3.37. The molecule has 1 aliphatic heterocycles. The van der Waals surface area contributed by atoms with Crippen molar-refractivity contribution < 1.29 is 14.2 Å². The number of benzene rings is 3. The molecule has 1 aliphatic rings. The third-order valence-electron chi connectivity index (χ3n) is 4.88. The van der Waals surface area contributed by atoms with Crippen LogP contribution in [0, 0.1) is 0 Å². The summed E-state index contributed by atoms with van der Waals surface area (Å²) in [4.78, 5) is 1.21. The Bertz CT molecular complexity index is 842. The van der Waals surface area contributed by atoms with E-state index in [0.29, 0.717) is 19.8 Å². The van der Waals surface area contributed by atoms with Crippen molar-refractivity contribution in [3.63, 3.8) is 0 Å². The summed E-state index contributed by atoms with van der Waals surface area (Å²) in [7, 11) is 0. The quantitative estimate of drug-likeness (QED) is 0.456. The zero-order valence-electron chi connectivity index (χ0n) is 16.4. The van der Waals surface area contributed by atoms with Crippen molar-refractivity contribution in [2.24, 2.45) is 0 Å². The van der Waals surface area contributed by atoms with Gasteiger partial charge in [0.05, 0.1) is 25.9 Å². The molecule has 3 aromatic carbocycles. The Morgan fingerprint density at radius 3 is 2.00 bits per heavy atom. The Hall–Kier alpha value is -2.11. The number of rotatable bonds is 9. The standard InChI is InChI=1S/C25H26O3S/c1-4-10-20(11-5-1)17-26-19-24-23(27-18-21-12-6-2-7-13-21)16-25(28-24)29-22-14-8-3-9-15-22/h1-15,23-25H,16-19H2/t23-,24+,25-/m0/s1. The summed E-state index contributed by atoms with van der Waals surface area (Å²) < 4.78 is 18.5. The molecule has 29 heavy (non-hydrogen) atoms. The van der Waals surface area contributed by atoms with Crippen molar-refractivity contribution in [2.45, 2.75) is 42.2 Å². The van der Waals surface area contributed by atoms with Crippen LogP contribution in [0.2, 0.25) is 0 Å². The molecule has 0 bridgehead atoms. The number of hydrogen-bond acceptors (Lipinski definition) is 4. The summed E-state index contributed by atoms with van der Waals surface area (Å²) in [6.07, 6.45) is 0.807. The van der Waals surface area contributed by atoms with Crippen LogP contribution in [0.4, 0.5) is 0 Å². The molecule has 1 fully saturated rings. The Balaban J connectivity index is 1.34. The fraction of sp³-hybridized carbons (Fsp3) is 0.280. The van der Waals surface area contributed by atoms with E-state index in [1.807, 2.05) is 42.5 Å². The molecule has 3 nitrogen and oxygen atoms in total. The maximum atomic E-state index is 6.32. The van der Waals surface area contributed by atoms with E-state index < -0.39 is 0 Å². The zero-order valence-corrected chi connectivity index (χ0v) is 17.2. The van der Waals surface area contributed by atoms with Crippen molar-refractivity contribution in [1.82, 2.24) is 0 Å². The lowest BCUT2D eigenvalue weighted by molar-refractivity contribution is -0.0623. The molecule has 4 heteroatoms. The molecule has 0 aromatic heterocycles. The van der Waals surface area contributed by atoms with Crippen molar-refractivity contribution in [2.75, 3.05) is 6.61 Å². The maximum absolute atomic E-state index is 6.32. The fourth-order valence-corrected chi connectivity index (χ4v) is 4.47. The van der Waals surface area contributed by atoms with E-state index in [2.05, 4.69) is 48.5 Å². The second-order valence-electron chi connectivity index (χ2n) is 7.11. The molecule has 3 aromatic rings. The third-order valence-corrected chi connectivity index (χ3v) is 5.99. The van der Waals surface area contributed by atoms with Crippen molar-refractivity contribution in [1.29, 1.82) is 0 Å². The van der Waals surface area contributed by atoms with Crippen LogP contribution in [0.1, 0.15) is 17.5 Å². The van der Waals surface area contributed by atoms with E-state index in [9.17, 15) is 0 Å². The molecule has 0 aliphatic carbocycles. The van der Waals surface area contributed by atoms with E-state index in [1.54, 1.807) is 11.8 Å². The van der Waals surface area contributed by atoms with Gasteiger partial charge in [-0.3, -0.25) is 0 Å². The molecule has 1 saturated heterocycles. The summed E-state index contributed by atoms with van der Waals surface area (Å²) in [6, 6.07) is 30.9. The normalized spacial score (nSPS) is 21.3. The van der Waals surface area contributed by atoms with E-state index in [0.717, 1.165) is 6.42 Å². The maximum Gasteiger partial charge on any atom is 0.110 e. The Morgan fingerprint density at radius 2 is 1.34 bits per heavy atom. The van der Waals surface area contributed by atoms with Gasteiger partial charge in [-0.1, -0.05) is 90.6 Å². The lowest BCUT2D eigenvalue weighted by atomic mass is 10.2. The van der Waals surface area contributed by atoms with Gasteiger partial charge in [0.1, 0.15) is 11.5 Å². The molecular weight excluding hydrogens is 380 g/mol. The van der Waals surface area contributed by atoms with Crippen LogP contribution in [-0.4, -0.2) is 24.3 Å². The number of ether oxygens (including phenoxy) is 3. The minimum Gasteiger partial charge on any atom is -0.374 e. The summed E-state index contributed by atoms with van der Waals surface area (Å²) in [5.41, 5.74) is 2.42. The topological polar surface area (TPSA) is 27.7 Å². The Kier molecular flexibility index (Phi) is 7.38. The van der Waals surface area contributed by atoms with E-state index in [4.69, 9.17) is 14.2 Å². The number of thioether (sulfide) groups is 1. The molecule has 0 amide bonds. The molecule has 0 saturated carbocycles. The van der Waals surface area contributed by atoms with Crippen LogP contribution in [-0.2, 0) is 27.4 Å². The lowest BCUT2D eigenvalue weighted by Gasteiger charge is -2.19. The smallest absolute Gasteiger partial charge is 0.110 e. The first-order valence-corrected chi connectivity index (χ1v) is 10.9. The van der Waals surface area contributed by atoms with Crippen molar-refractivity contribution in [3.05, 3.63) is 102 Å². The van der Waals surface area contributed by atoms with Gasteiger partial charge in [0, 0.05) is 11.3 Å². The van der Waals surface area contributed by atoms with Gasteiger partial charge in [-0.05, 0) is 23.3 Å². The molecule has 0 radical (unpaired) electrons. The second-order valence-corrected chi connectivity index (χ2v) is 8.34. The van der Waals surface area contributed by atoms with Crippen LogP contribution < -0.4 is 0 Å². The largest absolute Gasteiger partial charge is 0.374 e. The van der Waals surface area contributed by atoms with E-state index >= 15 is 0 Å². The van der Waals surface area contributed by atoms with Crippen LogP contribution in [0.15, 0.2) is 95.9 Å². The average molecular weight is 407 g/mol. The molecule has 0 N–H and O–H groups in total. The van der Waals surface area contributed by atoms with E-state index in [-0.39, 0.29) is 17.6 Å². The highest BCUT2D eigenvalue weighted by Gasteiger charge is 2.36. The van der Waals surface area contributed by atoms with Crippen molar-refractivity contribution in [3.8, 4) is 0 Å². The first-order chi connectivity index (χ1) is 14.4. The molecule has 0 spiro atoms. The molecule has 3 atom stereocenters. The van der Waals surface area contributed by atoms with Gasteiger partial charge in [-0.2, -0.15) is 0 Å². The molecular formula is C25H26O3S. The molecule has 150 valence electrons. The van der Waals surface area contributed by atoms with Gasteiger partial charge in [-0.15, -0.1) is 0 Å². The van der Waals surface area contributed by atoms with Gasteiger partial charge in [0.2, 0.25) is 0 Å².